The first-order chi connectivity index (χ1) is 19.3. The van der Waals surface area contributed by atoms with Gasteiger partial charge in [0.2, 0.25) is 0 Å². The zero-order chi connectivity index (χ0) is 29.4. The van der Waals surface area contributed by atoms with Gasteiger partial charge in [-0.2, -0.15) is 0 Å². The van der Waals surface area contributed by atoms with Crippen LogP contribution in [0.5, 0.6) is 11.5 Å². The fourth-order valence-corrected chi connectivity index (χ4v) is 5.54. The Hall–Kier alpha value is -3.77. The van der Waals surface area contributed by atoms with E-state index in [-0.39, 0.29) is 16.9 Å². The summed E-state index contributed by atoms with van der Waals surface area (Å²) in [6, 6.07) is 14.3. The summed E-state index contributed by atoms with van der Waals surface area (Å²) in [5.41, 5.74) is 0.238. The van der Waals surface area contributed by atoms with Gasteiger partial charge in [-0.15, -0.1) is 26.3 Å². The first-order valence-corrected chi connectivity index (χ1v) is 12.7. The van der Waals surface area contributed by atoms with Gasteiger partial charge in [-0.1, -0.05) is 30.3 Å². The maximum absolute atomic E-state index is 14.5. The van der Waals surface area contributed by atoms with E-state index < -0.39 is 35.7 Å². The molecule has 4 aromatic rings. The zero-order valence-corrected chi connectivity index (χ0v) is 21.4. The molecule has 1 aliphatic rings. The number of halogens is 7. The minimum Gasteiger partial charge on any atom is -0.406 e. The van der Waals surface area contributed by atoms with Crippen molar-refractivity contribution in [3.63, 3.8) is 0 Å². The number of piperidine rings is 1. The Morgan fingerprint density at radius 2 is 1.29 bits per heavy atom. The standard InChI is InChI=1S/C29H25F7N2O3/c30-24-2-1-3-25-26(24)18(16-37-25)17-38-14-12-21(13-15-38)27(39,19-4-8-22(9-5-19)40-28(31,32)33)20-6-10-23(11-7-20)41-29(34,35)36/h1-11,16,21,37,39H,12-15,17H2. The summed E-state index contributed by atoms with van der Waals surface area (Å²) >= 11 is 0. The molecule has 2 heterocycles. The van der Waals surface area contributed by atoms with Gasteiger partial charge in [0, 0.05) is 23.6 Å². The van der Waals surface area contributed by atoms with Crippen molar-refractivity contribution < 1.29 is 45.3 Å². The SMILES string of the molecule is OC(c1ccc(OC(F)(F)F)cc1)(c1ccc(OC(F)(F)F)cc1)C1CCN(Cc2c[nH]c3cccc(F)c23)CC1. The van der Waals surface area contributed by atoms with E-state index in [0.717, 1.165) is 29.8 Å². The van der Waals surface area contributed by atoms with Gasteiger partial charge in [-0.25, -0.2) is 4.39 Å². The van der Waals surface area contributed by atoms with E-state index in [2.05, 4.69) is 19.4 Å². The number of aromatic amines is 1. The molecule has 1 aromatic heterocycles. The normalized spacial score (nSPS) is 15.8. The van der Waals surface area contributed by atoms with Crippen LogP contribution in [0.3, 0.4) is 0 Å². The Morgan fingerprint density at radius 3 is 1.78 bits per heavy atom. The average molecular weight is 583 g/mol. The van der Waals surface area contributed by atoms with Gasteiger partial charge in [0.05, 0.1) is 0 Å². The van der Waals surface area contributed by atoms with Gasteiger partial charge in [-0.05, 0) is 84.9 Å². The molecule has 1 saturated heterocycles. The van der Waals surface area contributed by atoms with Crippen molar-refractivity contribution >= 4 is 10.9 Å². The van der Waals surface area contributed by atoms with Crippen LogP contribution in [-0.2, 0) is 12.1 Å². The van der Waals surface area contributed by atoms with Crippen molar-refractivity contribution in [2.45, 2.75) is 37.7 Å². The maximum atomic E-state index is 14.5. The van der Waals surface area contributed by atoms with Crippen LogP contribution >= 0.6 is 0 Å². The monoisotopic (exact) mass is 582 g/mol. The molecule has 12 heteroatoms. The minimum absolute atomic E-state index is 0.258. The largest absolute Gasteiger partial charge is 0.573 e. The molecule has 218 valence electrons. The van der Waals surface area contributed by atoms with Crippen molar-refractivity contribution in [2.24, 2.45) is 5.92 Å². The van der Waals surface area contributed by atoms with Crippen molar-refractivity contribution in [1.29, 1.82) is 0 Å². The third-order valence-electron chi connectivity index (χ3n) is 7.36. The van der Waals surface area contributed by atoms with Gasteiger partial charge in [0.25, 0.3) is 0 Å². The molecule has 1 fully saturated rings. The Balaban J connectivity index is 1.39. The van der Waals surface area contributed by atoms with E-state index in [1.54, 1.807) is 18.3 Å². The lowest BCUT2D eigenvalue weighted by molar-refractivity contribution is -0.275. The second-order valence-electron chi connectivity index (χ2n) is 9.94. The molecule has 0 amide bonds. The molecule has 0 spiro atoms. The Labute approximate surface area is 230 Å². The summed E-state index contributed by atoms with van der Waals surface area (Å²) < 4.78 is 98.4. The summed E-state index contributed by atoms with van der Waals surface area (Å²) in [4.78, 5) is 5.17. The highest BCUT2D eigenvalue weighted by molar-refractivity contribution is 5.83. The molecular formula is C29H25F7N2O3. The van der Waals surface area contributed by atoms with E-state index in [0.29, 0.717) is 43.4 Å². The van der Waals surface area contributed by atoms with Crippen LogP contribution in [0.25, 0.3) is 10.9 Å². The fraction of sp³-hybridized carbons (Fsp3) is 0.310. The molecule has 1 aliphatic heterocycles. The number of H-pyrrole nitrogens is 1. The number of ether oxygens (including phenoxy) is 2. The predicted octanol–water partition coefficient (Wildman–Crippen LogP) is 7.25. The quantitative estimate of drug-likeness (QED) is 0.226. The van der Waals surface area contributed by atoms with Crippen LogP contribution in [0, 0.1) is 11.7 Å². The second kappa shape index (κ2) is 10.9. The van der Waals surface area contributed by atoms with E-state index in [4.69, 9.17) is 0 Å². The number of fused-ring (bicyclic) bond motifs is 1. The summed E-state index contributed by atoms with van der Waals surface area (Å²) in [6.07, 6.45) is -7.14. The van der Waals surface area contributed by atoms with Crippen LogP contribution in [0.2, 0.25) is 0 Å². The number of alkyl halides is 6. The molecule has 41 heavy (non-hydrogen) atoms. The lowest BCUT2D eigenvalue weighted by atomic mass is 9.72. The van der Waals surface area contributed by atoms with Crippen LogP contribution < -0.4 is 9.47 Å². The van der Waals surface area contributed by atoms with Crippen molar-refractivity contribution in [3.05, 3.63) is 95.4 Å². The van der Waals surface area contributed by atoms with Crippen molar-refractivity contribution in [1.82, 2.24) is 9.88 Å². The van der Waals surface area contributed by atoms with E-state index >= 15 is 0 Å². The van der Waals surface area contributed by atoms with E-state index in [1.807, 2.05) is 0 Å². The smallest absolute Gasteiger partial charge is 0.406 e. The van der Waals surface area contributed by atoms with Crippen molar-refractivity contribution in [3.8, 4) is 11.5 Å². The highest BCUT2D eigenvalue weighted by atomic mass is 19.4. The summed E-state index contributed by atoms with van der Waals surface area (Å²) in [6.45, 7) is 1.48. The first kappa shape index (κ1) is 28.7. The number of likely N-dealkylation sites (tertiary alicyclic amines) is 1. The number of rotatable bonds is 7. The summed E-state index contributed by atoms with van der Waals surface area (Å²) in [5.74, 6) is -1.72. The molecule has 0 unspecified atom stereocenters. The van der Waals surface area contributed by atoms with Gasteiger partial charge in [0.1, 0.15) is 22.9 Å². The number of nitrogens with zero attached hydrogens (tertiary/aromatic N) is 1. The maximum Gasteiger partial charge on any atom is 0.573 e. The second-order valence-corrected chi connectivity index (χ2v) is 9.94. The Morgan fingerprint density at radius 1 is 0.780 bits per heavy atom. The number of aromatic nitrogens is 1. The first-order valence-electron chi connectivity index (χ1n) is 12.7. The molecule has 3 aromatic carbocycles. The van der Waals surface area contributed by atoms with Crippen LogP contribution in [0.1, 0.15) is 29.5 Å². The minimum atomic E-state index is -4.90. The zero-order valence-electron chi connectivity index (χ0n) is 21.4. The molecule has 0 aliphatic carbocycles. The fourth-order valence-electron chi connectivity index (χ4n) is 5.54. The van der Waals surface area contributed by atoms with Crippen molar-refractivity contribution in [2.75, 3.05) is 13.1 Å². The highest BCUT2D eigenvalue weighted by Crippen LogP contribution is 2.43. The molecular weight excluding hydrogens is 557 g/mol. The number of benzene rings is 3. The average Bonchev–Trinajstić information content (AvgIpc) is 3.31. The summed E-state index contributed by atoms with van der Waals surface area (Å²) in [5, 5.41) is 12.7. The number of hydrogen-bond donors (Lipinski definition) is 2. The highest BCUT2D eigenvalue weighted by Gasteiger charge is 2.42. The molecule has 2 N–H and O–H groups in total. The summed E-state index contributed by atoms with van der Waals surface area (Å²) in [7, 11) is 0. The van der Waals surface area contributed by atoms with Gasteiger partial charge in [0.15, 0.2) is 0 Å². The molecule has 0 atom stereocenters. The lowest BCUT2D eigenvalue weighted by Crippen LogP contribution is -2.44. The van der Waals surface area contributed by atoms with Crippen LogP contribution in [-0.4, -0.2) is 40.8 Å². The number of hydrogen-bond acceptors (Lipinski definition) is 4. The topological polar surface area (TPSA) is 57.7 Å². The number of aliphatic hydroxyl groups is 1. The molecule has 0 radical (unpaired) electrons. The van der Waals surface area contributed by atoms with Gasteiger partial charge < -0.3 is 19.6 Å². The molecule has 5 nitrogen and oxygen atoms in total. The molecule has 0 saturated carbocycles. The van der Waals surface area contributed by atoms with Crippen LogP contribution in [0.15, 0.2) is 72.9 Å². The Bertz CT molecular complexity index is 1410. The number of nitrogens with one attached hydrogen (secondary N) is 1. The van der Waals surface area contributed by atoms with E-state index in [9.17, 15) is 35.8 Å². The van der Waals surface area contributed by atoms with Gasteiger partial charge in [-0.3, -0.25) is 4.90 Å². The van der Waals surface area contributed by atoms with E-state index in [1.165, 1.54) is 30.3 Å². The lowest BCUT2D eigenvalue weighted by Gasteiger charge is -2.42. The third-order valence-corrected chi connectivity index (χ3v) is 7.36. The van der Waals surface area contributed by atoms with Crippen LogP contribution in [0.4, 0.5) is 30.7 Å². The molecule has 5 rings (SSSR count). The predicted molar refractivity (Wildman–Crippen MR) is 136 cm³/mol. The molecule has 0 bridgehead atoms. The Kier molecular flexibility index (Phi) is 7.64. The third kappa shape index (κ3) is 6.43. The van der Waals surface area contributed by atoms with Gasteiger partial charge >= 0.3 is 12.7 Å².